The largest absolute Gasteiger partial charge is 0.376 e. The molecule has 0 radical (unpaired) electrons. The summed E-state index contributed by atoms with van der Waals surface area (Å²) in [5, 5.41) is 4.47. The zero-order valence-electron chi connectivity index (χ0n) is 18.5. The summed E-state index contributed by atoms with van der Waals surface area (Å²) in [6.45, 7) is 1.45. The number of hydrogen-bond acceptors (Lipinski definition) is 4. The van der Waals surface area contributed by atoms with Crippen LogP contribution in [0.4, 0.5) is 10.7 Å². The Balaban J connectivity index is 1.64. The maximum absolute atomic E-state index is 13.1. The van der Waals surface area contributed by atoms with Gasteiger partial charge in [0.15, 0.2) is 4.80 Å². The van der Waals surface area contributed by atoms with Gasteiger partial charge in [0, 0.05) is 22.8 Å². The third kappa shape index (κ3) is 5.14. The number of amides is 1. The second kappa shape index (κ2) is 10.4. The van der Waals surface area contributed by atoms with E-state index in [4.69, 9.17) is 21.3 Å². The third-order valence-corrected chi connectivity index (χ3v) is 6.93. The summed E-state index contributed by atoms with van der Waals surface area (Å²) in [6, 6.07) is 26.9. The highest BCUT2D eigenvalue weighted by Crippen LogP contribution is 2.33. The summed E-state index contributed by atoms with van der Waals surface area (Å²) in [5.74, 6) is -0.189. The molecule has 1 aromatic heterocycles. The predicted octanol–water partition coefficient (Wildman–Crippen LogP) is 6.53. The van der Waals surface area contributed by atoms with Crippen molar-refractivity contribution in [2.45, 2.75) is 25.5 Å². The molecule has 0 aliphatic carbocycles. The van der Waals surface area contributed by atoms with Crippen molar-refractivity contribution in [3.63, 3.8) is 0 Å². The van der Waals surface area contributed by atoms with Crippen LogP contribution < -0.4 is 10.1 Å². The molecule has 1 saturated heterocycles. The molecule has 172 valence electrons. The van der Waals surface area contributed by atoms with Crippen LogP contribution in [-0.2, 0) is 11.3 Å². The Kier molecular flexibility index (Phi) is 6.90. The van der Waals surface area contributed by atoms with E-state index in [0.29, 0.717) is 17.1 Å². The summed E-state index contributed by atoms with van der Waals surface area (Å²) < 4.78 is 8.15. The van der Waals surface area contributed by atoms with Crippen LogP contribution in [0.3, 0.4) is 0 Å². The number of ether oxygens (including phenoxy) is 1. The van der Waals surface area contributed by atoms with Crippen molar-refractivity contribution in [1.82, 2.24) is 4.57 Å². The van der Waals surface area contributed by atoms with Crippen molar-refractivity contribution in [3.8, 4) is 11.3 Å². The van der Waals surface area contributed by atoms with Gasteiger partial charge >= 0.3 is 0 Å². The SMILES string of the molecule is O=C(Nc1sc(=Nc2ccccc2)n(C[C@H]2CCCO2)c1-c1ccccc1)c1ccc(Cl)cc1. The van der Waals surface area contributed by atoms with Crippen LogP contribution in [-0.4, -0.2) is 23.2 Å². The minimum Gasteiger partial charge on any atom is -0.376 e. The zero-order valence-corrected chi connectivity index (χ0v) is 20.1. The zero-order chi connectivity index (χ0) is 23.3. The number of carbonyl (C=O) groups is 1. The fraction of sp³-hybridized carbons (Fsp3) is 0.185. The number of anilines is 1. The van der Waals surface area contributed by atoms with Crippen molar-refractivity contribution in [2.75, 3.05) is 11.9 Å². The molecule has 0 unspecified atom stereocenters. The highest BCUT2D eigenvalue weighted by atomic mass is 35.5. The fourth-order valence-corrected chi connectivity index (χ4v) is 5.22. The van der Waals surface area contributed by atoms with Gasteiger partial charge in [-0.3, -0.25) is 4.79 Å². The van der Waals surface area contributed by atoms with Gasteiger partial charge in [-0.1, -0.05) is 71.5 Å². The standard InChI is InChI=1S/C27H24ClN3O2S/c28-21-15-13-20(14-16-21)25(32)30-26-24(19-8-3-1-4-9-19)31(18-23-12-7-17-33-23)27(34-26)29-22-10-5-2-6-11-22/h1-6,8-11,13-16,23H,7,12,17-18H2,(H,30,32)/t23-/m1/s1. The first-order valence-corrected chi connectivity index (χ1v) is 12.4. The van der Waals surface area contributed by atoms with Crippen molar-refractivity contribution >= 4 is 39.5 Å². The molecule has 1 aliphatic rings. The highest BCUT2D eigenvalue weighted by Gasteiger charge is 2.23. The normalized spacial score (nSPS) is 16.0. The Morgan fingerprint density at radius 3 is 2.41 bits per heavy atom. The van der Waals surface area contributed by atoms with Gasteiger partial charge in [0.1, 0.15) is 5.00 Å². The lowest BCUT2D eigenvalue weighted by Crippen LogP contribution is -2.24. The van der Waals surface area contributed by atoms with E-state index in [2.05, 4.69) is 22.0 Å². The summed E-state index contributed by atoms with van der Waals surface area (Å²) in [5.41, 5.74) is 3.35. The number of halogens is 1. The Morgan fingerprint density at radius 1 is 1.03 bits per heavy atom. The van der Waals surface area contributed by atoms with E-state index in [9.17, 15) is 4.79 Å². The molecule has 34 heavy (non-hydrogen) atoms. The molecule has 5 nitrogen and oxygen atoms in total. The Morgan fingerprint density at radius 2 is 1.74 bits per heavy atom. The van der Waals surface area contributed by atoms with E-state index in [-0.39, 0.29) is 12.0 Å². The lowest BCUT2D eigenvalue weighted by molar-refractivity contribution is 0.0968. The van der Waals surface area contributed by atoms with Gasteiger partial charge in [0.2, 0.25) is 0 Å². The van der Waals surface area contributed by atoms with Gasteiger partial charge in [-0.2, -0.15) is 0 Å². The minimum absolute atomic E-state index is 0.117. The van der Waals surface area contributed by atoms with E-state index >= 15 is 0 Å². The first-order valence-electron chi connectivity index (χ1n) is 11.2. The van der Waals surface area contributed by atoms with Crippen molar-refractivity contribution < 1.29 is 9.53 Å². The second-order valence-corrected chi connectivity index (χ2v) is 9.50. The molecule has 0 bridgehead atoms. The average Bonchev–Trinajstić information content (AvgIpc) is 3.49. The monoisotopic (exact) mass is 489 g/mol. The van der Waals surface area contributed by atoms with Gasteiger partial charge in [-0.15, -0.1) is 0 Å². The summed E-state index contributed by atoms with van der Waals surface area (Å²) in [4.78, 5) is 18.9. The summed E-state index contributed by atoms with van der Waals surface area (Å²) >= 11 is 7.47. The number of thiazole rings is 1. The molecule has 1 amide bonds. The van der Waals surface area contributed by atoms with Crippen molar-refractivity contribution in [1.29, 1.82) is 0 Å². The van der Waals surface area contributed by atoms with Gasteiger partial charge in [0.05, 0.1) is 24.0 Å². The fourth-order valence-electron chi connectivity index (χ4n) is 4.01. The van der Waals surface area contributed by atoms with Crippen LogP contribution in [0, 0.1) is 0 Å². The number of hydrogen-bond donors (Lipinski definition) is 1. The van der Waals surface area contributed by atoms with E-state index in [1.165, 1.54) is 11.3 Å². The van der Waals surface area contributed by atoms with Crippen molar-refractivity contribution in [2.24, 2.45) is 4.99 Å². The highest BCUT2D eigenvalue weighted by molar-refractivity contribution is 7.14. The average molecular weight is 490 g/mol. The number of nitrogens with zero attached hydrogens (tertiary/aromatic N) is 2. The molecule has 4 aromatic rings. The second-order valence-electron chi connectivity index (χ2n) is 8.08. The van der Waals surface area contributed by atoms with Crippen LogP contribution in [0.15, 0.2) is 89.9 Å². The number of nitrogens with one attached hydrogen (secondary N) is 1. The van der Waals surface area contributed by atoms with Crippen LogP contribution in [0.5, 0.6) is 0 Å². The predicted molar refractivity (Wildman–Crippen MR) is 138 cm³/mol. The molecule has 2 heterocycles. The first kappa shape index (κ1) is 22.6. The Hall–Kier alpha value is -3.19. The Labute approximate surface area is 207 Å². The molecule has 0 spiro atoms. The summed E-state index contributed by atoms with van der Waals surface area (Å²) in [6.07, 6.45) is 2.18. The molecule has 1 atom stereocenters. The lowest BCUT2D eigenvalue weighted by atomic mass is 10.1. The van der Waals surface area contributed by atoms with Crippen molar-refractivity contribution in [3.05, 3.63) is 100 Å². The van der Waals surface area contributed by atoms with Crippen LogP contribution in [0.1, 0.15) is 23.2 Å². The third-order valence-electron chi connectivity index (χ3n) is 5.68. The van der Waals surface area contributed by atoms with Crippen LogP contribution >= 0.6 is 22.9 Å². The number of carbonyl (C=O) groups excluding carboxylic acids is 1. The first-order chi connectivity index (χ1) is 16.7. The van der Waals surface area contributed by atoms with E-state index in [1.807, 2.05) is 48.5 Å². The van der Waals surface area contributed by atoms with E-state index in [0.717, 1.165) is 46.2 Å². The van der Waals surface area contributed by atoms with E-state index < -0.39 is 0 Å². The number of benzene rings is 3. The molecule has 5 rings (SSSR count). The molecular weight excluding hydrogens is 466 g/mol. The van der Waals surface area contributed by atoms with Crippen LogP contribution in [0.2, 0.25) is 5.02 Å². The smallest absolute Gasteiger partial charge is 0.256 e. The molecule has 7 heteroatoms. The maximum atomic E-state index is 13.1. The molecule has 0 saturated carbocycles. The van der Waals surface area contributed by atoms with Gasteiger partial charge in [-0.05, 0) is 49.2 Å². The van der Waals surface area contributed by atoms with Gasteiger partial charge < -0.3 is 14.6 Å². The molecule has 3 aromatic carbocycles. The molecule has 1 fully saturated rings. The molecule has 1 N–H and O–H groups in total. The quantitative estimate of drug-likeness (QED) is 0.334. The minimum atomic E-state index is -0.189. The molecule has 1 aliphatic heterocycles. The maximum Gasteiger partial charge on any atom is 0.256 e. The van der Waals surface area contributed by atoms with Gasteiger partial charge in [-0.25, -0.2) is 4.99 Å². The summed E-state index contributed by atoms with van der Waals surface area (Å²) in [7, 11) is 0. The van der Waals surface area contributed by atoms with E-state index in [1.54, 1.807) is 24.3 Å². The topological polar surface area (TPSA) is 55.6 Å². The van der Waals surface area contributed by atoms with Crippen LogP contribution in [0.25, 0.3) is 11.3 Å². The molecular formula is C27H24ClN3O2S. The Bertz CT molecular complexity index is 1330. The number of rotatable bonds is 6. The number of aromatic nitrogens is 1. The number of para-hydroxylation sites is 1. The lowest BCUT2D eigenvalue weighted by Gasteiger charge is -2.15. The van der Waals surface area contributed by atoms with Gasteiger partial charge in [0.25, 0.3) is 5.91 Å².